The number of hydrogen-bond donors (Lipinski definition) is 2. The Bertz CT molecular complexity index is 1620. The highest BCUT2D eigenvalue weighted by atomic mass is 127. The van der Waals surface area contributed by atoms with Crippen molar-refractivity contribution >= 4 is 90.6 Å². The summed E-state index contributed by atoms with van der Waals surface area (Å²) in [5.74, 6) is 0.445. The fraction of sp³-hybridized carbons (Fsp3) is 0.231. The lowest BCUT2D eigenvalue weighted by atomic mass is 9.97. The molecule has 0 spiro atoms. The number of aryl methyl sites for hydroxylation is 2. The van der Waals surface area contributed by atoms with E-state index in [1.165, 1.54) is 22.9 Å². The maximum atomic E-state index is 13.8. The first-order valence-electron chi connectivity index (χ1n) is 11.7. The number of phenols is 1. The van der Waals surface area contributed by atoms with Crippen molar-refractivity contribution in [1.29, 1.82) is 0 Å². The largest absolute Gasteiger partial charge is 0.506 e. The molecular weight excluding hydrogens is 750 g/mol. The van der Waals surface area contributed by atoms with E-state index < -0.39 is 0 Å². The van der Waals surface area contributed by atoms with E-state index in [0.717, 1.165) is 39.6 Å². The van der Waals surface area contributed by atoms with Crippen LogP contribution in [0.5, 0.6) is 11.5 Å². The summed E-state index contributed by atoms with van der Waals surface area (Å²) >= 11 is 6.96. The quantitative estimate of drug-likeness (QED) is 0.0847. The average Bonchev–Trinajstić information content (AvgIpc) is 3.29. The maximum Gasteiger partial charge on any atom is 0.267 e. The Balaban J connectivity index is 1.42. The monoisotopic (exact) mass is 772 g/mol. The number of ether oxygens (including phenoxy) is 1. The van der Waals surface area contributed by atoms with Crippen LogP contribution in [0.15, 0.2) is 51.5 Å². The first-order chi connectivity index (χ1) is 18.4. The molecule has 0 saturated carbocycles. The predicted octanol–water partition coefficient (Wildman–Crippen LogP) is 5.49. The second-order valence-corrected chi connectivity index (χ2v) is 13.0. The van der Waals surface area contributed by atoms with Gasteiger partial charge in [0.25, 0.3) is 11.5 Å². The molecule has 0 fully saturated rings. The van der Waals surface area contributed by atoms with E-state index in [1.54, 1.807) is 41.2 Å². The lowest BCUT2D eigenvalue weighted by molar-refractivity contribution is -0.118. The van der Waals surface area contributed by atoms with Gasteiger partial charge in [0.2, 0.25) is 0 Å². The fourth-order valence-corrected chi connectivity index (χ4v) is 8.26. The summed E-state index contributed by atoms with van der Waals surface area (Å²) in [6, 6.07) is 10.8. The predicted molar refractivity (Wildman–Crippen MR) is 168 cm³/mol. The van der Waals surface area contributed by atoms with Crippen molar-refractivity contribution in [3.05, 3.63) is 69.9 Å². The van der Waals surface area contributed by atoms with Gasteiger partial charge in [0, 0.05) is 14.0 Å². The van der Waals surface area contributed by atoms with Gasteiger partial charge in [-0.25, -0.2) is 10.4 Å². The van der Waals surface area contributed by atoms with Crippen molar-refractivity contribution in [2.24, 2.45) is 5.10 Å². The number of aromatic nitrogens is 2. The van der Waals surface area contributed by atoms with Gasteiger partial charge in [0.05, 0.1) is 33.7 Å². The maximum absolute atomic E-state index is 13.8. The zero-order valence-corrected chi connectivity index (χ0v) is 26.1. The number of phenolic OH excluding ortho intramolecular Hbond substituents is 1. The number of thiophene rings is 1. The van der Waals surface area contributed by atoms with Crippen molar-refractivity contribution in [2.75, 3.05) is 12.9 Å². The summed E-state index contributed by atoms with van der Waals surface area (Å²) in [5.41, 5.74) is 4.66. The number of hydrazone groups is 1. The second-order valence-electron chi connectivity index (χ2n) is 8.53. The van der Waals surface area contributed by atoms with E-state index in [-0.39, 0.29) is 23.0 Å². The number of nitrogens with zero attached hydrogens (tertiary/aromatic N) is 3. The Morgan fingerprint density at radius 2 is 2.03 bits per heavy atom. The van der Waals surface area contributed by atoms with Crippen LogP contribution in [-0.4, -0.2) is 39.6 Å². The van der Waals surface area contributed by atoms with Crippen LogP contribution in [0.4, 0.5) is 0 Å². The van der Waals surface area contributed by atoms with Crippen molar-refractivity contribution in [2.45, 2.75) is 30.8 Å². The Kier molecular flexibility index (Phi) is 8.59. The molecule has 2 heterocycles. The van der Waals surface area contributed by atoms with Crippen LogP contribution in [0.1, 0.15) is 28.8 Å². The van der Waals surface area contributed by atoms with Crippen molar-refractivity contribution in [3.63, 3.8) is 0 Å². The molecule has 1 amide bonds. The summed E-state index contributed by atoms with van der Waals surface area (Å²) in [6.07, 6.45) is 5.45. The van der Waals surface area contributed by atoms with Gasteiger partial charge in [0.1, 0.15) is 16.3 Å². The molecule has 196 valence electrons. The van der Waals surface area contributed by atoms with Crippen LogP contribution in [-0.2, 0) is 17.6 Å². The summed E-state index contributed by atoms with van der Waals surface area (Å²) in [7, 11) is 1.59. The number of benzene rings is 2. The first kappa shape index (κ1) is 27.4. The summed E-state index contributed by atoms with van der Waals surface area (Å²) < 4.78 is 8.50. The van der Waals surface area contributed by atoms with E-state index in [1.807, 2.05) is 40.8 Å². The van der Waals surface area contributed by atoms with Crippen LogP contribution < -0.4 is 15.7 Å². The molecular formula is C26H22I2N4O4S2. The third kappa shape index (κ3) is 5.72. The Hall–Kier alpha value is -2.17. The number of thioether (sulfide) groups is 1. The molecule has 38 heavy (non-hydrogen) atoms. The minimum absolute atomic E-state index is 0.00632. The molecule has 0 radical (unpaired) electrons. The molecule has 5 rings (SSSR count). The number of nitrogens with one attached hydrogen (secondary N) is 1. The normalized spacial score (nSPS) is 13.1. The number of carbonyl (C=O) groups is 1. The number of methoxy groups -OCH3 is 1. The van der Waals surface area contributed by atoms with Gasteiger partial charge in [-0.15, -0.1) is 11.3 Å². The van der Waals surface area contributed by atoms with Gasteiger partial charge < -0.3 is 9.84 Å². The molecule has 0 atom stereocenters. The van der Waals surface area contributed by atoms with Gasteiger partial charge >= 0.3 is 0 Å². The second kappa shape index (κ2) is 11.9. The van der Waals surface area contributed by atoms with Crippen LogP contribution in [0.2, 0.25) is 0 Å². The van der Waals surface area contributed by atoms with E-state index in [2.05, 4.69) is 33.1 Å². The first-order valence-corrected chi connectivity index (χ1v) is 15.7. The lowest BCUT2D eigenvalue weighted by Crippen LogP contribution is -2.24. The van der Waals surface area contributed by atoms with Crippen LogP contribution in [0, 0.1) is 7.14 Å². The molecule has 0 unspecified atom stereocenters. The smallest absolute Gasteiger partial charge is 0.267 e. The third-order valence-corrected chi connectivity index (χ3v) is 9.64. The highest BCUT2D eigenvalue weighted by molar-refractivity contribution is 14.1. The highest BCUT2D eigenvalue weighted by Crippen LogP contribution is 2.35. The van der Waals surface area contributed by atoms with Crippen LogP contribution >= 0.6 is 68.3 Å². The number of halogens is 2. The van der Waals surface area contributed by atoms with E-state index in [4.69, 9.17) is 9.72 Å². The molecule has 8 nitrogen and oxygen atoms in total. The Labute approximate surface area is 254 Å². The van der Waals surface area contributed by atoms with Crippen molar-refractivity contribution < 1.29 is 14.6 Å². The Morgan fingerprint density at radius 1 is 1.26 bits per heavy atom. The lowest BCUT2D eigenvalue weighted by Gasteiger charge is -2.14. The highest BCUT2D eigenvalue weighted by Gasteiger charge is 2.23. The topological polar surface area (TPSA) is 106 Å². The number of fused-ring (bicyclic) bond motifs is 3. The van der Waals surface area contributed by atoms with Crippen molar-refractivity contribution in [3.8, 4) is 17.2 Å². The molecule has 0 aliphatic heterocycles. The third-order valence-electron chi connectivity index (χ3n) is 6.07. The minimum atomic E-state index is -0.354. The zero-order chi connectivity index (χ0) is 26.8. The van der Waals surface area contributed by atoms with Crippen molar-refractivity contribution in [1.82, 2.24) is 15.0 Å². The molecule has 0 bridgehead atoms. The Morgan fingerprint density at radius 3 is 2.79 bits per heavy atom. The van der Waals surface area contributed by atoms with E-state index >= 15 is 0 Å². The standard InChI is InChI=1S/C26H22I2N4O4S2/c1-36-17-8-6-16(7-9-17)32-25(35)22-18-4-2-3-5-20(18)38-24(22)30-26(32)37-13-21(33)31-29-12-14-10-15(27)11-19(28)23(14)34/h6-12,34H,2-5,13H2,1H3,(H,31,33)/b29-12+. The number of carbonyl (C=O) groups excluding carboxylic acids is 1. The molecule has 0 saturated heterocycles. The zero-order valence-electron chi connectivity index (χ0n) is 20.2. The number of hydrogen-bond acceptors (Lipinski definition) is 8. The molecule has 1 aliphatic carbocycles. The SMILES string of the molecule is COc1ccc(-n2c(SCC(=O)N/N=C/c3cc(I)cc(I)c3O)nc3sc4c(c3c2=O)CCCC4)cc1. The number of rotatable bonds is 7. The van der Waals surface area contributed by atoms with Gasteiger partial charge in [0.15, 0.2) is 5.16 Å². The van der Waals surface area contributed by atoms with Gasteiger partial charge in [-0.05, 0) is 113 Å². The van der Waals surface area contributed by atoms with Gasteiger partial charge in [-0.1, -0.05) is 11.8 Å². The number of amides is 1. The molecule has 12 heteroatoms. The molecule has 2 aromatic carbocycles. The summed E-state index contributed by atoms with van der Waals surface area (Å²) in [6.45, 7) is 0. The molecule has 2 aromatic heterocycles. The van der Waals surface area contributed by atoms with Gasteiger partial charge in [-0.3, -0.25) is 14.2 Å². The average molecular weight is 772 g/mol. The molecule has 2 N–H and O–H groups in total. The minimum Gasteiger partial charge on any atom is -0.506 e. The summed E-state index contributed by atoms with van der Waals surface area (Å²) in [4.78, 5) is 33.3. The van der Waals surface area contributed by atoms with E-state index in [9.17, 15) is 14.7 Å². The number of aromatic hydroxyl groups is 1. The van der Waals surface area contributed by atoms with Crippen LogP contribution in [0.25, 0.3) is 15.9 Å². The molecule has 4 aromatic rings. The fourth-order valence-electron chi connectivity index (χ4n) is 4.26. The molecule has 1 aliphatic rings. The van der Waals surface area contributed by atoms with E-state index in [0.29, 0.717) is 31.1 Å². The summed E-state index contributed by atoms with van der Waals surface area (Å²) in [5, 5.41) is 15.3. The van der Waals surface area contributed by atoms with Gasteiger partial charge in [-0.2, -0.15) is 5.10 Å². The van der Waals surface area contributed by atoms with Crippen LogP contribution in [0.3, 0.4) is 0 Å².